The number of rotatable bonds is 6. The smallest absolute Gasteiger partial charge is 0.238 e. The van der Waals surface area contributed by atoms with Gasteiger partial charge >= 0.3 is 0 Å². The topological polar surface area (TPSA) is 41.6 Å². The number of anilines is 1. The summed E-state index contributed by atoms with van der Waals surface area (Å²) in [6.45, 7) is 1.12. The molecule has 2 rings (SSSR count). The molecule has 4 nitrogen and oxygen atoms in total. The van der Waals surface area contributed by atoms with Crippen molar-refractivity contribution in [3.8, 4) is 5.75 Å². The van der Waals surface area contributed by atoms with Gasteiger partial charge in [0.05, 0.1) is 18.8 Å². The molecular weight excluding hydrogens is 228 g/mol. The van der Waals surface area contributed by atoms with E-state index in [4.69, 9.17) is 4.74 Å². The third-order valence-corrected chi connectivity index (χ3v) is 2.79. The van der Waals surface area contributed by atoms with Crippen LogP contribution in [0.4, 0.5) is 5.69 Å². The maximum absolute atomic E-state index is 11.7. The van der Waals surface area contributed by atoms with Gasteiger partial charge in [-0.25, -0.2) is 0 Å². The third-order valence-electron chi connectivity index (χ3n) is 2.79. The Morgan fingerprint density at radius 3 is 2.78 bits per heavy atom. The molecule has 1 saturated carbocycles. The van der Waals surface area contributed by atoms with Crippen LogP contribution in [0.5, 0.6) is 5.75 Å². The van der Waals surface area contributed by atoms with E-state index in [9.17, 15) is 4.79 Å². The van der Waals surface area contributed by atoms with Crippen LogP contribution in [-0.4, -0.2) is 38.1 Å². The van der Waals surface area contributed by atoms with Gasteiger partial charge < -0.3 is 15.0 Å². The Balaban J connectivity index is 1.94. The van der Waals surface area contributed by atoms with E-state index < -0.39 is 0 Å². The minimum atomic E-state index is -0.0255. The highest BCUT2D eigenvalue weighted by atomic mass is 16.5. The number of amides is 1. The fourth-order valence-electron chi connectivity index (χ4n) is 1.66. The average molecular weight is 248 g/mol. The molecule has 18 heavy (non-hydrogen) atoms. The summed E-state index contributed by atoms with van der Waals surface area (Å²) in [5.41, 5.74) is 0.755. The van der Waals surface area contributed by atoms with Gasteiger partial charge in [0, 0.05) is 0 Å². The quantitative estimate of drug-likeness (QED) is 0.837. The lowest BCUT2D eigenvalue weighted by molar-refractivity contribution is -0.116. The van der Waals surface area contributed by atoms with Crippen molar-refractivity contribution in [3.63, 3.8) is 0 Å². The van der Waals surface area contributed by atoms with Crippen LogP contribution in [0.2, 0.25) is 0 Å². The molecule has 1 N–H and O–H groups in total. The highest BCUT2D eigenvalue weighted by Gasteiger charge is 2.22. The van der Waals surface area contributed by atoms with Crippen LogP contribution in [0.25, 0.3) is 0 Å². The first-order valence-electron chi connectivity index (χ1n) is 6.31. The molecule has 0 bridgehead atoms. The lowest BCUT2D eigenvalue weighted by atomic mass is 10.3. The molecule has 0 aromatic heterocycles. The lowest BCUT2D eigenvalue weighted by Crippen LogP contribution is -2.27. The number of ether oxygens (including phenoxy) is 1. The molecule has 1 aliphatic rings. The number of nitrogens with one attached hydrogen (secondary N) is 1. The predicted octanol–water partition coefficient (Wildman–Crippen LogP) is 1.98. The molecule has 1 aromatic rings. The number of carbonyl (C=O) groups excluding carboxylic acids is 1. The Hall–Kier alpha value is -1.55. The SMILES string of the molecule is CN(C)CC(=O)Nc1ccccc1OCC1CC1. The molecule has 1 fully saturated rings. The van der Waals surface area contributed by atoms with Crippen LogP contribution in [0.15, 0.2) is 24.3 Å². The largest absolute Gasteiger partial charge is 0.491 e. The van der Waals surface area contributed by atoms with Crippen molar-refractivity contribution in [2.75, 3.05) is 32.6 Å². The van der Waals surface area contributed by atoms with Crippen LogP contribution < -0.4 is 10.1 Å². The molecule has 1 amide bonds. The van der Waals surface area contributed by atoms with Crippen molar-refractivity contribution in [2.45, 2.75) is 12.8 Å². The van der Waals surface area contributed by atoms with E-state index in [0.29, 0.717) is 12.5 Å². The van der Waals surface area contributed by atoms with Gasteiger partial charge in [-0.05, 0) is 45.0 Å². The van der Waals surface area contributed by atoms with Gasteiger partial charge in [0.1, 0.15) is 5.75 Å². The number of benzene rings is 1. The van der Waals surface area contributed by atoms with Crippen LogP contribution in [0, 0.1) is 5.92 Å². The molecule has 0 spiro atoms. The van der Waals surface area contributed by atoms with Gasteiger partial charge in [0.15, 0.2) is 0 Å². The fourth-order valence-corrected chi connectivity index (χ4v) is 1.66. The van der Waals surface area contributed by atoms with E-state index >= 15 is 0 Å². The molecular formula is C14H20N2O2. The van der Waals surface area contributed by atoms with Crippen molar-refractivity contribution in [3.05, 3.63) is 24.3 Å². The molecule has 0 unspecified atom stereocenters. The van der Waals surface area contributed by atoms with Gasteiger partial charge in [-0.15, -0.1) is 0 Å². The lowest BCUT2D eigenvalue weighted by Gasteiger charge is -2.14. The maximum Gasteiger partial charge on any atom is 0.238 e. The maximum atomic E-state index is 11.7. The Kier molecular flexibility index (Phi) is 4.20. The number of hydrogen-bond acceptors (Lipinski definition) is 3. The molecule has 1 aromatic carbocycles. The molecule has 1 aliphatic carbocycles. The van der Waals surface area contributed by atoms with Crippen LogP contribution in [0.1, 0.15) is 12.8 Å². The van der Waals surface area contributed by atoms with E-state index in [-0.39, 0.29) is 5.91 Å². The molecule has 0 aliphatic heterocycles. The van der Waals surface area contributed by atoms with Crippen molar-refractivity contribution in [2.24, 2.45) is 5.92 Å². The second-order valence-electron chi connectivity index (χ2n) is 5.04. The van der Waals surface area contributed by atoms with E-state index in [0.717, 1.165) is 18.0 Å². The summed E-state index contributed by atoms with van der Waals surface area (Å²) in [5.74, 6) is 1.44. The predicted molar refractivity (Wildman–Crippen MR) is 71.8 cm³/mol. The molecule has 0 atom stereocenters. The zero-order valence-corrected chi connectivity index (χ0v) is 11.0. The average Bonchev–Trinajstić information content (AvgIpc) is 3.10. The van der Waals surface area contributed by atoms with Crippen molar-refractivity contribution >= 4 is 11.6 Å². The third kappa shape index (κ3) is 4.04. The van der Waals surface area contributed by atoms with Crippen molar-refractivity contribution < 1.29 is 9.53 Å². The first-order chi connectivity index (χ1) is 8.65. The number of likely N-dealkylation sites (N-methyl/N-ethyl adjacent to an activating group) is 1. The molecule has 0 heterocycles. The zero-order chi connectivity index (χ0) is 13.0. The minimum Gasteiger partial charge on any atom is -0.491 e. The van der Waals surface area contributed by atoms with E-state index in [1.165, 1.54) is 12.8 Å². The normalized spacial score (nSPS) is 14.6. The molecule has 4 heteroatoms. The van der Waals surface area contributed by atoms with Gasteiger partial charge in [-0.2, -0.15) is 0 Å². The van der Waals surface area contributed by atoms with Crippen LogP contribution in [-0.2, 0) is 4.79 Å². The van der Waals surface area contributed by atoms with Crippen molar-refractivity contribution in [1.29, 1.82) is 0 Å². The van der Waals surface area contributed by atoms with E-state index in [2.05, 4.69) is 5.32 Å². The molecule has 0 saturated heterocycles. The molecule has 98 valence electrons. The molecule has 0 radical (unpaired) electrons. The standard InChI is InChI=1S/C14H20N2O2/c1-16(2)9-14(17)15-12-5-3-4-6-13(12)18-10-11-7-8-11/h3-6,11H,7-10H2,1-2H3,(H,15,17). The van der Waals surface area contributed by atoms with Gasteiger partial charge in [0.2, 0.25) is 5.91 Å². The Bertz CT molecular complexity index is 414. The van der Waals surface area contributed by atoms with E-state index in [1.54, 1.807) is 0 Å². The monoisotopic (exact) mass is 248 g/mol. The summed E-state index contributed by atoms with van der Waals surface area (Å²) in [7, 11) is 3.74. The van der Waals surface area contributed by atoms with Gasteiger partial charge in [-0.3, -0.25) is 4.79 Å². The number of hydrogen-bond donors (Lipinski definition) is 1. The summed E-state index contributed by atoms with van der Waals surface area (Å²) in [4.78, 5) is 13.6. The Morgan fingerprint density at radius 1 is 1.39 bits per heavy atom. The van der Waals surface area contributed by atoms with E-state index in [1.807, 2.05) is 43.3 Å². The van der Waals surface area contributed by atoms with Crippen LogP contribution in [0.3, 0.4) is 0 Å². The Morgan fingerprint density at radius 2 is 2.11 bits per heavy atom. The zero-order valence-electron chi connectivity index (χ0n) is 11.0. The summed E-state index contributed by atoms with van der Waals surface area (Å²) in [6.07, 6.45) is 2.52. The number of para-hydroxylation sites is 2. The minimum absolute atomic E-state index is 0.0255. The fraction of sp³-hybridized carbons (Fsp3) is 0.500. The van der Waals surface area contributed by atoms with Crippen LogP contribution >= 0.6 is 0 Å². The second kappa shape index (κ2) is 5.87. The Labute approximate surface area is 108 Å². The summed E-state index contributed by atoms with van der Waals surface area (Å²) < 4.78 is 5.74. The summed E-state index contributed by atoms with van der Waals surface area (Å²) in [5, 5.41) is 2.88. The number of nitrogens with zero attached hydrogens (tertiary/aromatic N) is 1. The first kappa shape index (κ1) is 12.9. The summed E-state index contributed by atoms with van der Waals surface area (Å²) >= 11 is 0. The van der Waals surface area contributed by atoms with Gasteiger partial charge in [0.25, 0.3) is 0 Å². The summed E-state index contributed by atoms with van der Waals surface area (Å²) in [6, 6.07) is 7.59. The first-order valence-corrected chi connectivity index (χ1v) is 6.31. The number of carbonyl (C=O) groups is 1. The van der Waals surface area contributed by atoms with Crippen molar-refractivity contribution in [1.82, 2.24) is 4.90 Å². The second-order valence-corrected chi connectivity index (χ2v) is 5.04. The highest BCUT2D eigenvalue weighted by Crippen LogP contribution is 2.31. The highest BCUT2D eigenvalue weighted by molar-refractivity contribution is 5.93. The van der Waals surface area contributed by atoms with Gasteiger partial charge in [-0.1, -0.05) is 12.1 Å².